The minimum atomic E-state index is -0.153. The Labute approximate surface area is 137 Å². The van der Waals surface area contributed by atoms with Crippen LogP contribution in [0.2, 0.25) is 5.02 Å². The van der Waals surface area contributed by atoms with Crippen molar-refractivity contribution in [2.75, 3.05) is 13.2 Å². The molecule has 1 atom stereocenters. The summed E-state index contributed by atoms with van der Waals surface area (Å²) in [5, 5.41) is 8.96. The average Bonchev–Trinajstić information content (AvgIpc) is 3.21. The van der Waals surface area contributed by atoms with Gasteiger partial charge in [0, 0.05) is 29.9 Å². The fourth-order valence-corrected chi connectivity index (χ4v) is 2.99. The number of hydrogen-bond acceptors (Lipinski definition) is 4. The number of nitrogens with zero attached hydrogens (tertiary/aromatic N) is 4. The van der Waals surface area contributed by atoms with Crippen LogP contribution in [-0.2, 0) is 11.3 Å². The van der Waals surface area contributed by atoms with E-state index in [4.69, 9.17) is 16.3 Å². The van der Waals surface area contributed by atoms with Gasteiger partial charge in [0.15, 0.2) is 0 Å². The van der Waals surface area contributed by atoms with Crippen LogP contribution in [-0.4, -0.2) is 32.4 Å². The fraction of sp³-hybridized carbons (Fsp3) is 0.312. The first kappa shape index (κ1) is 14.4. The highest BCUT2D eigenvalue weighted by Crippen LogP contribution is 2.23. The lowest BCUT2D eigenvalue weighted by atomic mass is 10.1. The van der Waals surface area contributed by atoms with Crippen molar-refractivity contribution in [3.8, 4) is 0 Å². The van der Waals surface area contributed by atoms with Gasteiger partial charge in [-0.3, -0.25) is 9.20 Å². The van der Waals surface area contributed by atoms with Crippen molar-refractivity contribution in [2.45, 2.75) is 18.9 Å². The van der Waals surface area contributed by atoms with Crippen molar-refractivity contribution in [3.63, 3.8) is 0 Å². The summed E-state index contributed by atoms with van der Waals surface area (Å²) >= 11 is 5.89. The Morgan fingerprint density at radius 3 is 2.78 bits per heavy atom. The standard InChI is InChI=1S/C16H15ClN4O2/c17-13-3-1-11(2-4-13)9-20-6-7-21-14(12-5-8-23-10-12)18-19-15(21)16(20)22/h1-4,6-7,12H,5,8-10H2. The first-order chi connectivity index (χ1) is 11.2. The molecule has 4 rings (SSSR count). The highest BCUT2D eigenvalue weighted by molar-refractivity contribution is 6.30. The Hall–Kier alpha value is -2.18. The summed E-state index contributed by atoms with van der Waals surface area (Å²) in [6, 6.07) is 7.44. The van der Waals surface area contributed by atoms with Crippen molar-refractivity contribution < 1.29 is 4.74 Å². The van der Waals surface area contributed by atoms with Gasteiger partial charge in [0.1, 0.15) is 5.82 Å². The number of benzene rings is 1. The van der Waals surface area contributed by atoms with Gasteiger partial charge in [0.2, 0.25) is 5.65 Å². The van der Waals surface area contributed by atoms with Gasteiger partial charge in [-0.2, -0.15) is 0 Å². The van der Waals surface area contributed by atoms with Crippen LogP contribution in [0.4, 0.5) is 0 Å². The quantitative estimate of drug-likeness (QED) is 0.738. The summed E-state index contributed by atoms with van der Waals surface area (Å²) in [5.41, 5.74) is 1.20. The molecule has 0 aliphatic carbocycles. The molecule has 6 nitrogen and oxygen atoms in total. The maximum absolute atomic E-state index is 12.6. The number of aromatic nitrogens is 4. The van der Waals surface area contributed by atoms with E-state index in [2.05, 4.69) is 10.2 Å². The molecular formula is C16H15ClN4O2. The van der Waals surface area contributed by atoms with Gasteiger partial charge in [-0.1, -0.05) is 23.7 Å². The highest BCUT2D eigenvalue weighted by Gasteiger charge is 2.23. The molecule has 1 saturated heterocycles. The SMILES string of the molecule is O=c1c2nnc(C3CCOC3)n2ccn1Cc1ccc(Cl)cc1. The summed E-state index contributed by atoms with van der Waals surface area (Å²) in [7, 11) is 0. The van der Waals surface area contributed by atoms with Crippen LogP contribution in [0.25, 0.3) is 5.65 Å². The molecule has 0 bridgehead atoms. The van der Waals surface area contributed by atoms with Crippen molar-refractivity contribution in [1.29, 1.82) is 0 Å². The lowest BCUT2D eigenvalue weighted by Crippen LogP contribution is -2.22. The van der Waals surface area contributed by atoms with E-state index in [0.29, 0.717) is 23.8 Å². The van der Waals surface area contributed by atoms with Crippen LogP contribution >= 0.6 is 11.6 Å². The molecule has 0 N–H and O–H groups in total. The average molecular weight is 331 g/mol. The van der Waals surface area contributed by atoms with Crippen LogP contribution in [0.3, 0.4) is 0 Å². The molecular weight excluding hydrogens is 316 g/mol. The maximum Gasteiger partial charge on any atom is 0.296 e. The summed E-state index contributed by atoms with van der Waals surface area (Å²) in [4.78, 5) is 12.6. The second-order valence-corrected chi connectivity index (χ2v) is 6.11. The van der Waals surface area contributed by atoms with Gasteiger partial charge in [-0.15, -0.1) is 10.2 Å². The van der Waals surface area contributed by atoms with E-state index in [9.17, 15) is 4.79 Å². The van der Waals surface area contributed by atoms with Gasteiger partial charge in [-0.05, 0) is 24.1 Å². The smallest absolute Gasteiger partial charge is 0.296 e. The first-order valence-electron chi connectivity index (χ1n) is 7.48. The molecule has 23 heavy (non-hydrogen) atoms. The fourth-order valence-electron chi connectivity index (χ4n) is 2.87. The normalized spacial score (nSPS) is 17.9. The number of fused-ring (bicyclic) bond motifs is 1. The number of hydrogen-bond donors (Lipinski definition) is 0. The highest BCUT2D eigenvalue weighted by atomic mass is 35.5. The van der Waals surface area contributed by atoms with E-state index in [1.54, 1.807) is 15.2 Å². The zero-order valence-corrected chi connectivity index (χ0v) is 13.1. The Balaban J connectivity index is 1.71. The third-order valence-corrected chi connectivity index (χ3v) is 4.38. The molecule has 3 heterocycles. The van der Waals surface area contributed by atoms with Crippen LogP contribution < -0.4 is 5.56 Å². The summed E-state index contributed by atoms with van der Waals surface area (Å²) in [5.74, 6) is 1.00. The lowest BCUT2D eigenvalue weighted by molar-refractivity contribution is 0.193. The van der Waals surface area contributed by atoms with E-state index in [0.717, 1.165) is 24.4 Å². The summed E-state index contributed by atoms with van der Waals surface area (Å²) < 4.78 is 8.80. The molecule has 1 aliphatic heterocycles. The van der Waals surface area contributed by atoms with Gasteiger partial charge in [0.25, 0.3) is 5.56 Å². The largest absolute Gasteiger partial charge is 0.381 e. The molecule has 1 unspecified atom stereocenters. The van der Waals surface area contributed by atoms with Gasteiger partial charge < -0.3 is 9.30 Å². The minimum Gasteiger partial charge on any atom is -0.381 e. The van der Waals surface area contributed by atoms with Gasteiger partial charge >= 0.3 is 0 Å². The van der Waals surface area contributed by atoms with Crippen molar-refractivity contribution >= 4 is 17.2 Å². The van der Waals surface area contributed by atoms with Crippen LogP contribution in [0.15, 0.2) is 41.5 Å². The molecule has 1 aliphatic rings. The Morgan fingerprint density at radius 1 is 1.22 bits per heavy atom. The van der Waals surface area contributed by atoms with E-state index in [-0.39, 0.29) is 11.5 Å². The first-order valence-corrected chi connectivity index (χ1v) is 7.86. The molecule has 0 radical (unpaired) electrons. The van der Waals surface area contributed by atoms with E-state index in [1.165, 1.54) is 0 Å². The zero-order valence-electron chi connectivity index (χ0n) is 12.4. The summed E-state index contributed by atoms with van der Waals surface area (Å²) in [6.45, 7) is 1.84. The second kappa shape index (κ2) is 5.79. The van der Waals surface area contributed by atoms with Crippen LogP contribution in [0.1, 0.15) is 23.7 Å². The van der Waals surface area contributed by atoms with E-state index < -0.39 is 0 Å². The molecule has 0 saturated carbocycles. The molecule has 0 spiro atoms. The van der Waals surface area contributed by atoms with Crippen LogP contribution in [0.5, 0.6) is 0 Å². The van der Waals surface area contributed by atoms with Crippen LogP contribution in [0, 0.1) is 0 Å². The maximum atomic E-state index is 12.6. The topological polar surface area (TPSA) is 61.4 Å². The lowest BCUT2D eigenvalue weighted by Gasteiger charge is -2.08. The monoisotopic (exact) mass is 330 g/mol. The zero-order chi connectivity index (χ0) is 15.8. The molecule has 2 aromatic heterocycles. The Morgan fingerprint density at radius 2 is 2.04 bits per heavy atom. The third kappa shape index (κ3) is 2.64. The number of ether oxygens (including phenoxy) is 1. The van der Waals surface area contributed by atoms with Crippen molar-refractivity contribution in [1.82, 2.24) is 19.2 Å². The van der Waals surface area contributed by atoms with E-state index >= 15 is 0 Å². The number of halogens is 1. The molecule has 3 aromatic rings. The van der Waals surface area contributed by atoms with Gasteiger partial charge in [0.05, 0.1) is 13.2 Å². The Kier molecular flexibility index (Phi) is 3.63. The van der Waals surface area contributed by atoms with Gasteiger partial charge in [-0.25, -0.2) is 0 Å². The van der Waals surface area contributed by atoms with Crippen molar-refractivity contribution in [2.24, 2.45) is 0 Å². The second-order valence-electron chi connectivity index (χ2n) is 5.67. The number of rotatable bonds is 3. The molecule has 1 fully saturated rings. The molecule has 118 valence electrons. The predicted octanol–water partition coefficient (Wildman–Crippen LogP) is 2.10. The third-order valence-electron chi connectivity index (χ3n) is 4.13. The summed E-state index contributed by atoms with van der Waals surface area (Å²) in [6.07, 6.45) is 4.53. The Bertz CT molecular complexity index is 895. The molecule has 7 heteroatoms. The van der Waals surface area contributed by atoms with E-state index in [1.807, 2.05) is 30.5 Å². The minimum absolute atomic E-state index is 0.153. The predicted molar refractivity (Wildman–Crippen MR) is 86.0 cm³/mol. The molecule has 1 aromatic carbocycles. The van der Waals surface area contributed by atoms with Crippen molar-refractivity contribution in [3.05, 3.63) is 63.4 Å². The molecule has 0 amide bonds.